The Kier molecular flexibility index (Phi) is 7.24. The summed E-state index contributed by atoms with van der Waals surface area (Å²) in [5.41, 5.74) is 14.7. The van der Waals surface area contributed by atoms with E-state index in [-0.39, 0.29) is 0 Å². The van der Waals surface area contributed by atoms with Crippen LogP contribution in [0.3, 0.4) is 0 Å². The van der Waals surface area contributed by atoms with Crippen molar-refractivity contribution < 1.29 is 4.42 Å². The summed E-state index contributed by atoms with van der Waals surface area (Å²) in [5, 5.41) is 7.92. The smallest absolute Gasteiger partial charge is 0.160 e. The number of hydrogen-bond acceptors (Lipinski definition) is 3. The van der Waals surface area contributed by atoms with E-state index in [1.54, 1.807) is 0 Å². The summed E-state index contributed by atoms with van der Waals surface area (Å²) < 4.78 is 11.6. The van der Waals surface area contributed by atoms with Gasteiger partial charge in [-0.1, -0.05) is 127 Å². The molecule has 0 aliphatic carbocycles. The molecule has 0 atom stereocenters. The molecule has 0 spiro atoms. The molecule has 4 heterocycles. The van der Waals surface area contributed by atoms with Crippen LogP contribution in [0.4, 0.5) is 0 Å². The molecule has 61 heavy (non-hydrogen) atoms. The van der Waals surface area contributed by atoms with Crippen LogP contribution >= 0.6 is 0 Å². The highest BCUT2D eigenvalue weighted by Gasteiger charge is 2.24. The van der Waals surface area contributed by atoms with Gasteiger partial charge in [0, 0.05) is 54.8 Å². The van der Waals surface area contributed by atoms with Crippen molar-refractivity contribution in [1.29, 1.82) is 0 Å². The van der Waals surface area contributed by atoms with Gasteiger partial charge in [-0.15, -0.1) is 0 Å². The first-order valence-corrected chi connectivity index (χ1v) is 20.7. The van der Waals surface area contributed by atoms with Gasteiger partial charge in [0.1, 0.15) is 11.2 Å². The first kappa shape index (κ1) is 33.7. The van der Waals surface area contributed by atoms with E-state index in [1.807, 2.05) is 24.3 Å². The van der Waals surface area contributed by atoms with Crippen LogP contribution in [0.1, 0.15) is 0 Å². The Labute approximate surface area is 350 Å². The topological polar surface area (TPSA) is 48.8 Å². The van der Waals surface area contributed by atoms with Crippen molar-refractivity contribution in [2.45, 2.75) is 0 Å². The molecule has 0 aliphatic rings. The SMILES string of the molecule is c1ccc(-c2ccc(-n3c4ccc5c6ccccc6oc5c4c4ccc5c(c6ccccc6n5-c5ccc(-c6nc(-c7ccccc7)c7ccccc7n6)cc5)c43)cc2)cc1. The molecular formula is C56H34N4O. The highest BCUT2D eigenvalue weighted by atomic mass is 16.3. The zero-order valence-electron chi connectivity index (χ0n) is 32.8. The minimum absolute atomic E-state index is 0.702. The summed E-state index contributed by atoms with van der Waals surface area (Å²) in [7, 11) is 0. The molecule has 5 heteroatoms. The second-order valence-corrected chi connectivity index (χ2v) is 15.7. The maximum Gasteiger partial charge on any atom is 0.160 e. The number of nitrogens with zero attached hydrogens (tertiary/aromatic N) is 4. The largest absolute Gasteiger partial charge is 0.455 e. The van der Waals surface area contributed by atoms with E-state index >= 15 is 0 Å². The number of rotatable bonds is 5. The van der Waals surface area contributed by atoms with E-state index in [4.69, 9.17) is 14.4 Å². The van der Waals surface area contributed by atoms with E-state index in [1.165, 1.54) is 21.9 Å². The lowest BCUT2D eigenvalue weighted by Gasteiger charge is -2.12. The zero-order valence-corrected chi connectivity index (χ0v) is 32.8. The third-order valence-electron chi connectivity index (χ3n) is 12.3. The highest BCUT2D eigenvalue weighted by molar-refractivity contribution is 6.31. The van der Waals surface area contributed by atoms with Crippen LogP contribution in [-0.2, 0) is 0 Å². The molecule has 4 aromatic heterocycles. The Hall–Kier alpha value is -8.28. The summed E-state index contributed by atoms with van der Waals surface area (Å²) >= 11 is 0. The predicted molar refractivity (Wildman–Crippen MR) is 252 cm³/mol. The Morgan fingerprint density at radius 3 is 1.69 bits per heavy atom. The minimum atomic E-state index is 0.702. The van der Waals surface area contributed by atoms with Crippen LogP contribution in [-0.4, -0.2) is 19.1 Å². The van der Waals surface area contributed by atoms with Crippen molar-refractivity contribution in [3.8, 4) is 45.1 Å². The van der Waals surface area contributed by atoms with Gasteiger partial charge in [0.25, 0.3) is 0 Å². The molecule has 13 aromatic rings. The van der Waals surface area contributed by atoms with Gasteiger partial charge in [-0.2, -0.15) is 0 Å². The van der Waals surface area contributed by atoms with Crippen molar-refractivity contribution in [1.82, 2.24) is 19.1 Å². The van der Waals surface area contributed by atoms with Gasteiger partial charge in [0.15, 0.2) is 5.82 Å². The lowest BCUT2D eigenvalue weighted by molar-refractivity contribution is 0.673. The maximum atomic E-state index is 6.75. The summed E-state index contributed by atoms with van der Waals surface area (Å²) in [6.07, 6.45) is 0. The Balaban J connectivity index is 1.05. The fourth-order valence-corrected chi connectivity index (χ4v) is 9.58. The standard InChI is InChI=1S/C56H34N4O/c1-3-13-35(14-4-1)36-23-27-40(28-24-36)60-49-33-31-42-41-17-9-12-22-50(41)61-55(42)52(49)45-32-34-48-51(54(45)60)44-19-8-11-21-47(44)59(48)39-29-25-38(26-30-39)56-57-46-20-10-7-18-43(46)53(58-56)37-15-5-2-6-16-37/h1-34H. The Bertz CT molecular complexity index is 3840. The molecule has 13 rings (SSSR count). The van der Waals surface area contributed by atoms with Gasteiger partial charge >= 0.3 is 0 Å². The number of furan rings is 1. The molecule has 5 nitrogen and oxygen atoms in total. The van der Waals surface area contributed by atoms with Gasteiger partial charge in [-0.3, -0.25) is 0 Å². The maximum absolute atomic E-state index is 6.75. The molecule has 0 amide bonds. The van der Waals surface area contributed by atoms with E-state index < -0.39 is 0 Å². The third-order valence-corrected chi connectivity index (χ3v) is 12.3. The number of hydrogen-bond donors (Lipinski definition) is 0. The van der Waals surface area contributed by atoms with Crippen LogP contribution in [0.25, 0.3) is 122 Å². The van der Waals surface area contributed by atoms with Crippen LogP contribution in [0.5, 0.6) is 0 Å². The van der Waals surface area contributed by atoms with Gasteiger partial charge in [0.05, 0.1) is 38.7 Å². The summed E-state index contributed by atoms with van der Waals surface area (Å²) in [6.45, 7) is 0. The lowest BCUT2D eigenvalue weighted by Crippen LogP contribution is -1.97. The summed E-state index contributed by atoms with van der Waals surface area (Å²) in [4.78, 5) is 10.2. The Morgan fingerprint density at radius 1 is 0.344 bits per heavy atom. The van der Waals surface area contributed by atoms with Crippen LogP contribution in [0, 0.1) is 0 Å². The van der Waals surface area contributed by atoms with Crippen LogP contribution < -0.4 is 0 Å². The van der Waals surface area contributed by atoms with Crippen molar-refractivity contribution in [3.05, 3.63) is 206 Å². The second-order valence-electron chi connectivity index (χ2n) is 15.7. The predicted octanol–water partition coefficient (Wildman–Crippen LogP) is 14.7. The number of para-hydroxylation sites is 3. The molecule has 0 unspecified atom stereocenters. The number of fused-ring (bicyclic) bond motifs is 12. The van der Waals surface area contributed by atoms with Crippen LogP contribution in [0.2, 0.25) is 0 Å². The van der Waals surface area contributed by atoms with Gasteiger partial charge in [-0.25, -0.2) is 9.97 Å². The molecule has 0 fully saturated rings. The molecule has 0 N–H and O–H groups in total. The lowest BCUT2D eigenvalue weighted by atomic mass is 10.1. The normalized spacial score (nSPS) is 11.9. The molecule has 0 radical (unpaired) electrons. The molecule has 9 aromatic carbocycles. The van der Waals surface area contributed by atoms with E-state index in [0.29, 0.717) is 5.82 Å². The fraction of sp³-hybridized carbons (Fsp3) is 0. The molecule has 0 bridgehead atoms. The van der Waals surface area contributed by atoms with E-state index in [0.717, 1.165) is 93.9 Å². The number of benzene rings is 9. The van der Waals surface area contributed by atoms with Gasteiger partial charge in [0.2, 0.25) is 0 Å². The molecule has 0 saturated carbocycles. The van der Waals surface area contributed by atoms with Crippen LogP contribution in [0.15, 0.2) is 211 Å². The van der Waals surface area contributed by atoms with Gasteiger partial charge in [-0.05, 0) is 90.0 Å². The van der Waals surface area contributed by atoms with Crippen molar-refractivity contribution >= 4 is 76.5 Å². The average Bonchev–Trinajstić information content (AvgIpc) is 4.00. The molecule has 284 valence electrons. The second kappa shape index (κ2) is 13.1. The molecule has 0 saturated heterocycles. The van der Waals surface area contributed by atoms with Crippen molar-refractivity contribution in [2.75, 3.05) is 0 Å². The van der Waals surface area contributed by atoms with E-state index in [2.05, 4.69) is 191 Å². The monoisotopic (exact) mass is 778 g/mol. The minimum Gasteiger partial charge on any atom is -0.455 e. The quantitative estimate of drug-likeness (QED) is 0.175. The first-order chi connectivity index (χ1) is 30.3. The fourth-order valence-electron chi connectivity index (χ4n) is 9.58. The molecular weight excluding hydrogens is 745 g/mol. The van der Waals surface area contributed by atoms with E-state index in [9.17, 15) is 0 Å². The summed E-state index contributed by atoms with van der Waals surface area (Å²) in [6, 6.07) is 73.0. The van der Waals surface area contributed by atoms with Crippen molar-refractivity contribution in [2.24, 2.45) is 0 Å². The number of aromatic nitrogens is 4. The first-order valence-electron chi connectivity index (χ1n) is 20.7. The summed E-state index contributed by atoms with van der Waals surface area (Å²) in [5.74, 6) is 0.702. The average molecular weight is 779 g/mol. The van der Waals surface area contributed by atoms with Gasteiger partial charge < -0.3 is 13.6 Å². The zero-order chi connectivity index (χ0) is 40.0. The Morgan fingerprint density at radius 2 is 0.918 bits per heavy atom. The highest BCUT2D eigenvalue weighted by Crippen LogP contribution is 2.45. The van der Waals surface area contributed by atoms with Crippen molar-refractivity contribution in [3.63, 3.8) is 0 Å². The third kappa shape index (κ3) is 5.08. The molecule has 0 aliphatic heterocycles.